The number of anilines is 3. The number of hydrogen-bond acceptors (Lipinski definition) is 7. The van der Waals surface area contributed by atoms with Gasteiger partial charge in [0.1, 0.15) is 0 Å². The van der Waals surface area contributed by atoms with Crippen LogP contribution in [0.2, 0.25) is 0 Å². The number of carbonyl (C=O) groups excluding carboxylic acids is 1. The first-order valence-electron chi connectivity index (χ1n) is 8.69. The lowest BCUT2D eigenvalue weighted by Gasteiger charge is -2.04. The predicted octanol–water partition coefficient (Wildman–Crippen LogP) is 3.33. The van der Waals surface area contributed by atoms with E-state index in [2.05, 4.69) is 41.2 Å². The molecular formula is C19H14N8O2. The van der Waals surface area contributed by atoms with Gasteiger partial charge in [0.05, 0.1) is 23.5 Å². The topological polar surface area (TPSA) is 137 Å². The van der Waals surface area contributed by atoms with Crippen LogP contribution in [0.3, 0.4) is 0 Å². The molecule has 10 nitrogen and oxygen atoms in total. The van der Waals surface area contributed by atoms with Gasteiger partial charge in [-0.1, -0.05) is 11.2 Å². The number of amides is 1. The van der Waals surface area contributed by atoms with Crippen LogP contribution in [-0.4, -0.2) is 36.5 Å². The Morgan fingerprint density at radius 1 is 1.00 bits per heavy atom. The number of fused-ring (bicyclic) bond motifs is 1. The highest BCUT2D eigenvalue weighted by Gasteiger charge is 2.12. The fourth-order valence-electron chi connectivity index (χ4n) is 2.84. The Morgan fingerprint density at radius 2 is 1.97 bits per heavy atom. The summed E-state index contributed by atoms with van der Waals surface area (Å²) in [7, 11) is 0. The monoisotopic (exact) mass is 386 g/mol. The maximum atomic E-state index is 12.2. The highest BCUT2D eigenvalue weighted by molar-refractivity contribution is 6.04. The summed E-state index contributed by atoms with van der Waals surface area (Å²) in [6.45, 7) is 0. The summed E-state index contributed by atoms with van der Waals surface area (Å²) in [5.41, 5.74) is 3.47. The van der Waals surface area contributed by atoms with E-state index >= 15 is 0 Å². The Balaban J connectivity index is 1.34. The molecule has 1 amide bonds. The number of aromatic nitrogens is 6. The Kier molecular flexibility index (Phi) is 3.98. The number of nitrogens with one attached hydrogen (secondary N) is 4. The van der Waals surface area contributed by atoms with Crippen molar-refractivity contribution >= 4 is 34.2 Å². The molecule has 3 aromatic heterocycles. The minimum absolute atomic E-state index is 0.260. The van der Waals surface area contributed by atoms with E-state index in [4.69, 9.17) is 4.42 Å². The normalized spacial score (nSPS) is 10.9. The third-order valence-corrected chi connectivity index (χ3v) is 4.24. The molecule has 4 N–H and O–H groups in total. The summed E-state index contributed by atoms with van der Waals surface area (Å²) in [6, 6.07) is 13.1. The molecule has 0 aliphatic heterocycles. The lowest BCUT2D eigenvalue weighted by atomic mass is 10.2. The van der Waals surface area contributed by atoms with Gasteiger partial charge in [0, 0.05) is 28.5 Å². The maximum Gasteiger partial charge on any atom is 0.320 e. The predicted molar refractivity (Wildman–Crippen MR) is 106 cm³/mol. The second kappa shape index (κ2) is 6.93. The van der Waals surface area contributed by atoms with Crippen molar-refractivity contribution in [1.29, 1.82) is 0 Å². The number of rotatable bonds is 5. The molecule has 10 heteroatoms. The average molecular weight is 386 g/mol. The molecule has 0 unspecified atom stereocenters. The van der Waals surface area contributed by atoms with Crippen molar-refractivity contribution in [3.63, 3.8) is 0 Å². The largest absolute Gasteiger partial charge is 0.403 e. The fourth-order valence-corrected chi connectivity index (χ4v) is 2.84. The molecule has 0 saturated heterocycles. The van der Waals surface area contributed by atoms with Gasteiger partial charge in [-0.3, -0.25) is 15.0 Å². The molecule has 2 aromatic carbocycles. The smallest absolute Gasteiger partial charge is 0.320 e. The first-order valence-corrected chi connectivity index (χ1v) is 8.69. The second-order valence-electron chi connectivity index (χ2n) is 6.23. The van der Waals surface area contributed by atoms with Crippen LogP contribution in [-0.2, 0) is 0 Å². The maximum absolute atomic E-state index is 12.2. The van der Waals surface area contributed by atoms with Gasteiger partial charge >= 0.3 is 6.01 Å². The van der Waals surface area contributed by atoms with Crippen LogP contribution >= 0.6 is 0 Å². The zero-order valence-corrected chi connectivity index (χ0v) is 14.9. The summed E-state index contributed by atoms with van der Waals surface area (Å²) >= 11 is 0. The van der Waals surface area contributed by atoms with Crippen LogP contribution in [0.1, 0.15) is 10.4 Å². The molecular weight excluding hydrogens is 372 g/mol. The van der Waals surface area contributed by atoms with Crippen LogP contribution in [0.15, 0.2) is 65.5 Å². The van der Waals surface area contributed by atoms with Crippen molar-refractivity contribution in [3.05, 3.63) is 66.6 Å². The van der Waals surface area contributed by atoms with Crippen molar-refractivity contribution in [2.24, 2.45) is 0 Å². The van der Waals surface area contributed by atoms with Crippen LogP contribution in [0.25, 0.3) is 22.4 Å². The van der Waals surface area contributed by atoms with Crippen LogP contribution in [0.4, 0.5) is 17.4 Å². The minimum Gasteiger partial charge on any atom is -0.403 e. The van der Waals surface area contributed by atoms with E-state index in [-0.39, 0.29) is 11.9 Å². The molecule has 5 aromatic rings. The van der Waals surface area contributed by atoms with E-state index in [0.717, 1.165) is 16.6 Å². The third kappa shape index (κ3) is 3.41. The molecule has 0 bridgehead atoms. The lowest BCUT2D eigenvalue weighted by molar-refractivity contribution is 0.102. The van der Waals surface area contributed by atoms with Gasteiger partial charge in [-0.2, -0.15) is 10.2 Å². The van der Waals surface area contributed by atoms with E-state index in [1.807, 2.05) is 24.3 Å². The summed E-state index contributed by atoms with van der Waals surface area (Å²) in [4.78, 5) is 12.2. The standard InChI is InChI=1S/C19H14N8O2/c28-17(13-9-20-21-10-13)23-14-3-1-2-11(6-14)18-26-27-19(29-18)24-15-4-5-16-12(7-15)8-22-25-16/h1-10H,(H,20,21)(H,22,25)(H,23,28)(H,24,27). The highest BCUT2D eigenvalue weighted by atomic mass is 16.4. The Hall–Kier alpha value is -4.47. The molecule has 0 fully saturated rings. The Labute approximate surface area is 163 Å². The van der Waals surface area contributed by atoms with E-state index in [1.54, 1.807) is 24.4 Å². The molecule has 0 spiro atoms. The van der Waals surface area contributed by atoms with E-state index in [9.17, 15) is 4.79 Å². The van der Waals surface area contributed by atoms with Crippen molar-refractivity contribution in [2.75, 3.05) is 10.6 Å². The molecule has 0 radical (unpaired) electrons. The lowest BCUT2D eigenvalue weighted by Crippen LogP contribution is -2.10. The number of hydrogen-bond donors (Lipinski definition) is 4. The van der Waals surface area contributed by atoms with Crippen molar-refractivity contribution in [1.82, 2.24) is 30.6 Å². The molecule has 5 rings (SSSR count). The number of benzene rings is 2. The van der Waals surface area contributed by atoms with Crippen molar-refractivity contribution in [3.8, 4) is 11.5 Å². The summed E-state index contributed by atoms with van der Waals surface area (Å²) in [5.74, 6) is 0.0646. The average Bonchev–Trinajstić information content (AvgIpc) is 3.49. The van der Waals surface area contributed by atoms with Crippen LogP contribution in [0, 0.1) is 0 Å². The zero-order chi connectivity index (χ0) is 19.6. The van der Waals surface area contributed by atoms with Gasteiger partial charge in [0.15, 0.2) is 0 Å². The van der Waals surface area contributed by atoms with Gasteiger partial charge in [-0.05, 0) is 36.4 Å². The van der Waals surface area contributed by atoms with Gasteiger partial charge < -0.3 is 15.1 Å². The second-order valence-corrected chi connectivity index (χ2v) is 6.23. The summed E-state index contributed by atoms with van der Waals surface area (Å²) < 4.78 is 5.71. The molecule has 0 aliphatic rings. The molecule has 0 atom stereocenters. The number of carbonyl (C=O) groups is 1. The summed E-state index contributed by atoms with van der Waals surface area (Å²) in [6.07, 6.45) is 4.72. The third-order valence-electron chi connectivity index (χ3n) is 4.24. The van der Waals surface area contributed by atoms with Crippen LogP contribution < -0.4 is 10.6 Å². The van der Waals surface area contributed by atoms with Crippen molar-refractivity contribution < 1.29 is 9.21 Å². The number of H-pyrrole nitrogens is 2. The molecule has 3 heterocycles. The Morgan fingerprint density at radius 3 is 2.86 bits per heavy atom. The van der Waals surface area contributed by atoms with Crippen molar-refractivity contribution in [2.45, 2.75) is 0 Å². The first-order chi connectivity index (χ1) is 14.2. The van der Waals surface area contributed by atoms with Gasteiger partial charge in [0.2, 0.25) is 5.89 Å². The van der Waals surface area contributed by atoms with Gasteiger partial charge in [-0.25, -0.2) is 0 Å². The van der Waals surface area contributed by atoms with E-state index in [1.165, 1.54) is 12.4 Å². The molecule has 142 valence electrons. The number of nitrogens with zero attached hydrogens (tertiary/aromatic N) is 4. The van der Waals surface area contributed by atoms with E-state index < -0.39 is 0 Å². The van der Waals surface area contributed by atoms with Gasteiger partial charge in [0.25, 0.3) is 5.91 Å². The van der Waals surface area contributed by atoms with E-state index in [0.29, 0.717) is 22.7 Å². The fraction of sp³-hybridized carbons (Fsp3) is 0. The zero-order valence-electron chi connectivity index (χ0n) is 14.9. The molecule has 0 aliphatic carbocycles. The Bertz CT molecular complexity index is 1290. The highest BCUT2D eigenvalue weighted by Crippen LogP contribution is 2.25. The first kappa shape index (κ1) is 16.7. The van der Waals surface area contributed by atoms with Gasteiger partial charge in [-0.15, -0.1) is 5.10 Å². The SMILES string of the molecule is O=C(Nc1cccc(-c2nnc(Nc3ccc4[nH]ncc4c3)o2)c1)c1cn[nH]c1. The molecule has 0 saturated carbocycles. The quantitative estimate of drug-likeness (QED) is 0.363. The van der Waals surface area contributed by atoms with Crippen LogP contribution in [0.5, 0.6) is 0 Å². The minimum atomic E-state index is -0.265. The molecule has 29 heavy (non-hydrogen) atoms. The number of aromatic amines is 2. The summed E-state index contributed by atoms with van der Waals surface area (Å²) in [5, 5.41) is 28.2.